The van der Waals surface area contributed by atoms with E-state index in [4.69, 9.17) is 5.26 Å². The van der Waals surface area contributed by atoms with Crippen LogP contribution in [-0.2, 0) is 69.5 Å². The molecule has 0 amide bonds. The molecule has 0 spiro atoms. The summed E-state index contributed by atoms with van der Waals surface area (Å²) in [6.07, 6.45) is -54.8. The summed E-state index contributed by atoms with van der Waals surface area (Å²) in [6, 6.07) is 25.4. The zero-order valence-electron chi connectivity index (χ0n) is 50.5. The average Bonchev–Trinajstić information content (AvgIpc) is 0.802. The predicted octanol–water partition coefficient (Wildman–Crippen LogP) is 18.3. The molecule has 7 aromatic carbocycles. The van der Waals surface area contributed by atoms with E-state index >= 15 is 0 Å². The number of alkyl halides is 24. The van der Waals surface area contributed by atoms with Gasteiger partial charge in [-0.25, -0.2) is 0 Å². The van der Waals surface area contributed by atoms with Gasteiger partial charge < -0.3 is 0 Å². The Labute approximate surface area is 543 Å². The predicted molar refractivity (Wildman–Crippen MR) is 315 cm³/mol. The van der Waals surface area contributed by atoms with Crippen LogP contribution < -0.4 is 37.4 Å². The molecule has 7 aromatic rings. The summed E-state index contributed by atoms with van der Waals surface area (Å²) in [7, 11) is -0.498. The minimum atomic E-state index is -6.13. The Hall–Kier alpha value is -6.29. The number of nitrogens with zero attached hydrogens (tertiary/aromatic N) is 1. The molecule has 0 saturated heterocycles. The Kier molecular flexibility index (Phi) is 27.7. The molecule has 1 aliphatic rings. The molecule has 0 bridgehead atoms. The minimum Gasteiger partial charge on any atom is -0.199 e. The van der Waals surface area contributed by atoms with E-state index in [9.17, 15) is 105 Å². The Morgan fingerprint density at radius 3 is 0.543 bits per heavy atom. The van der Waals surface area contributed by atoms with Crippen LogP contribution in [0.5, 0.6) is 0 Å². The maximum atomic E-state index is 14.2. The largest absolute Gasteiger partial charge is 0.416 e. The zero-order valence-corrected chi connectivity index (χ0v) is 54.8. The number of halogens is 24. The molecule has 8 rings (SSSR count). The summed E-state index contributed by atoms with van der Waals surface area (Å²) in [6.45, 7) is 19.1. The maximum absolute atomic E-state index is 14.2. The summed E-state index contributed by atoms with van der Waals surface area (Å²) in [4.78, 5) is 0. The van der Waals surface area contributed by atoms with Gasteiger partial charge in [-0.1, -0.05) is 190 Å². The van der Waals surface area contributed by atoms with Gasteiger partial charge in [-0.05, 0) is 73.8 Å². The van der Waals surface area contributed by atoms with Gasteiger partial charge in [0.25, 0.3) is 0 Å². The van der Waals surface area contributed by atoms with E-state index in [1.54, 1.807) is 6.07 Å². The van der Waals surface area contributed by atoms with Crippen LogP contribution in [0.25, 0.3) is 0 Å². The molecule has 1 saturated carbocycles. The van der Waals surface area contributed by atoms with Crippen LogP contribution in [-0.4, -0.2) is 34.9 Å². The van der Waals surface area contributed by atoms with Gasteiger partial charge in [-0.3, -0.25) is 0 Å². The van der Waals surface area contributed by atoms with Crippen LogP contribution in [0.1, 0.15) is 86.1 Å². The van der Waals surface area contributed by atoms with Gasteiger partial charge in [0.1, 0.15) is 6.15 Å². The molecular weight excluding hydrogens is 1510 g/mol. The fourth-order valence-electron chi connectivity index (χ4n) is 9.79. The van der Waals surface area contributed by atoms with Crippen molar-refractivity contribution in [3.8, 4) is 6.07 Å². The molecule has 0 aromatic heterocycles. The molecule has 0 N–H and O–H groups in total. The van der Waals surface area contributed by atoms with E-state index in [2.05, 4.69) is 146 Å². The first-order chi connectivity index (χ1) is 42.4. The number of hydrogen-bond donors (Lipinski definition) is 0. The molecule has 94 heavy (non-hydrogen) atoms. The monoisotopic (exact) mass is 1570 g/mol. The summed E-state index contributed by atoms with van der Waals surface area (Å²) < 4.78 is 341. The Balaban J connectivity index is 0.000000498. The Bertz CT molecular complexity index is 3010. The van der Waals surface area contributed by atoms with Crippen LogP contribution in [0.3, 0.4) is 0 Å². The van der Waals surface area contributed by atoms with Gasteiger partial charge >= 0.3 is 49.4 Å². The van der Waals surface area contributed by atoms with Crippen molar-refractivity contribution in [3.05, 3.63) is 238 Å². The third-order valence-electron chi connectivity index (χ3n) is 14.4. The van der Waals surface area contributed by atoms with Crippen molar-refractivity contribution in [2.24, 2.45) is 0 Å². The van der Waals surface area contributed by atoms with Crippen LogP contribution >= 0.6 is 7.92 Å². The number of benzene rings is 7. The van der Waals surface area contributed by atoms with Gasteiger partial charge in [-0.15, -0.1) is 7.92 Å². The molecule has 0 aliphatic heterocycles. The molecule has 1 nitrogen and oxygen atoms in total. The van der Waals surface area contributed by atoms with Gasteiger partial charge in [0, 0.05) is 27.0 Å². The summed E-state index contributed by atoms with van der Waals surface area (Å²) in [5.41, 5.74) is -30.2. The van der Waals surface area contributed by atoms with Crippen molar-refractivity contribution >= 4 is 60.3 Å². The van der Waals surface area contributed by atoms with Crippen molar-refractivity contribution in [1.29, 1.82) is 5.26 Å². The standard InChI is InChI=1S/C32H12BF24.C18H15Si.C10H15.C3H9P.C2H3N.Ir/c34-25(35,36)13-1-14(26(37,38)39)6-21(5-13)33(22-7-15(27(40,41)42)2-16(8-22)28(43,44)45,23-9-17(29(46,47)48)3-18(10-23)30(49,50)51)24-11-19(31(52,53)54)4-20(12-24)32(55,56)57;1-4-10-16(11-5-1)19(17-12-6-2-7-13-17)18-14-8-3-9-15-18;1-6-7(2)9(4)10(5)8(6)3;1-4(2)3;1-2-3;/h1-12H;1-15H;1-5H3;1-3H3;1H3;/q-1;;;;;. The quantitative estimate of drug-likeness (QED) is 0.0675. The van der Waals surface area contributed by atoms with Crippen molar-refractivity contribution < 1.29 is 125 Å². The van der Waals surface area contributed by atoms with Gasteiger partial charge in [0.15, 0.2) is 8.80 Å². The van der Waals surface area contributed by atoms with Crippen LogP contribution in [0, 0.1) is 40.9 Å². The first-order valence-corrected chi connectivity index (χ1v) is 31.1. The molecular formula is C65H54BF24IrNPSi-. The molecule has 0 atom stereocenters. The average molecular weight is 1570 g/mol. The summed E-state index contributed by atoms with van der Waals surface area (Å²) >= 11 is 0. The molecule has 1 aliphatic carbocycles. The number of nitriles is 1. The van der Waals surface area contributed by atoms with Crippen molar-refractivity contribution in [1.82, 2.24) is 0 Å². The van der Waals surface area contributed by atoms with Gasteiger partial charge in [0.2, 0.25) is 0 Å². The SMILES string of the molecule is CC#N.CP(C)C.C[C]1[C](C)[C](C)[C](C)[C]1C.FC(F)(F)c1cc([B-](c2cc(C(F)(F)F)cc(C(F)(F)F)c2)(c2cc(C(F)(F)F)cc(C(F)(F)F)c2)c2cc(C(F)(F)F)cc(C(F)(F)F)c2)cc(C(F)(F)F)c1.[Ir].c1ccc([Si](c2ccccc2)c2ccccc2)cc1. The van der Waals surface area contributed by atoms with Crippen molar-refractivity contribution in [3.63, 3.8) is 0 Å². The molecule has 0 heterocycles. The zero-order chi connectivity index (χ0) is 71.0. The fourth-order valence-corrected chi connectivity index (χ4v) is 12.4. The molecule has 0 unspecified atom stereocenters. The van der Waals surface area contributed by atoms with Gasteiger partial charge in [-0.2, -0.15) is 132 Å². The minimum absolute atomic E-state index is 0. The molecule has 509 valence electrons. The molecule has 1 fully saturated rings. The van der Waals surface area contributed by atoms with E-state index in [0.717, 1.165) is 0 Å². The summed E-state index contributed by atoms with van der Waals surface area (Å²) in [5.74, 6) is 7.34. The third kappa shape index (κ3) is 21.4. The van der Waals surface area contributed by atoms with E-state index in [1.165, 1.54) is 52.1 Å². The maximum Gasteiger partial charge on any atom is 0.416 e. The summed E-state index contributed by atoms with van der Waals surface area (Å²) in [5, 5.41) is 11.6. The normalized spacial score (nSPS) is 14.3. The van der Waals surface area contributed by atoms with E-state index in [1.807, 2.05) is 0 Å². The fraction of sp³-hybridized carbons (Fsp3) is 0.262. The number of hydrogen-bond acceptors (Lipinski definition) is 1. The second-order valence-electron chi connectivity index (χ2n) is 21.4. The first-order valence-electron chi connectivity index (χ1n) is 26.9. The number of rotatable bonds is 7. The second kappa shape index (κ2) is 31.7. The Morgan fingerprint density at radius 2 is 0.426 bits per heavy atom. The van der Waals surface area contributed by atoms with Gasteiger partial charge in [0.05, 0.1) is 50.6 Å². The molecule has 29 heteroatoms. The molecule has 7 radical (unpaired) electrons. The van der Waals surface area contributed by atoms with Crippen LogP contribution in [0.15, 0.2) is 164 Å². The van der Waals surface area contributed by atoms with Crippen molar-refractivity contribution in [2.75, 3.05) is 20.0 Å². The smallest absolute Gasteiger partial charge is 0.199 e. The van der Waals surface area contributed by atoms with E-state index in [0.29, 0.717) is 7.92 Å². The van der Waals surface area contributed by atoms with Crippen LogP contribution in [0.2, 0.25) is 0 Å². The van der Waals surface area contributed by atoms with Crippen molar-refractivity contribution in [2.45, 2.75) is 91.0 Å². The van der Waals surface area contributed by atoms with E-state index < -0.39 is 204 Å². The topological polar surface area (TPSA) is 23.8 Å². The third-order valence-corrected chi connectivity index (χ3v) is 17.2. The Morgan fingerprint density at radius 1 is 0.298 bits per heavy atom. The van der Waals surface area contributed by atoms with Crippen LogP contribution in [0.4, 0.5) is 105 Å². The first kappa shape index (κ1) is 81.9. The van der Waals surface area contributed by atoms with E-state index in [-0.39, 0.29) is 20.1 Å². The second-order valence-corrected chi connectivity index (χ2v) is 26.6.